The van der Waals surface area contributed by atoms with Gasteiger partial charge >= 0.3 is 6.18 Å². The van der Waals surface area contributed by atoms with Gasteiger partial charge in [-0.25, -0.2) is 4.68 Å². The minimum atomic E-state index is -4.48. The van der Waals surface area contributed by atoms with Crippen molar-refractivity contribution >= 4 is 5.91 Å². The highest BCUT2D eigenvalue weighted by Crippen LogP contribution is 2.37. The van der Waals surface area contributed by atoms with Crippen molar-refractivity contribution in [2.24, 2.45) is 18.9 Å². The number of alkyl halides is 3. The molecule has 8 heteroatoms. The van der Waals surface area contributed by atoms with Gasteiger partial charge in [0.05, 0.1) is 6.61 Å². The fourth-order valence-corrected chi connectivity index (χ4v) is 3.18. The van der Waals surface area contributed by atoms with Crippen molar-refractivity contribution in [1.82, 2.24) is 14.7 Å². The molecule has 1 aliphatic carbocycles. The van der Waals surface area contributed by atoms with Gasteiger partial charge in [-0.15, -0.1) is 0 Å². The zero-order valence-electron chi connectivity index (χ0n) is 13.0. The summed E-state index contributed by atoms with van der Waals surface area (Å²) in [5.41, 5.74) is -0.965. The zero-order chi connectivity index (χ0) is 16.6. The molecule has 128 valence electrons. The summed E-state index contributed by atoms with van der Waals surface area (Å²) in [6, 6.07) is 0.899. The highest BCUT2D eigenvalue weighted by atomic mass is 19.4. The second kappa shape index (κ2) is 6.05. The van der Waals surface area contributed by atoms with Crippen LogP contribution in [-0.4, -0.2) is 40.3 Å². The van der Waals surface area contributed by atoms with E-state index in [1.807, 2.05) is 4.90 Å². The number of hydrogen-bond acceptors (Lipinski definition) is 3. The van der Waals surface area contributed by atoms with E-state index in [0.717, 1.165) is 49.5 Å². The summed E-state index contributed by atoms with van der Waals surface area (Å²) in [5.74, 6) is 0.274. The Morgan fingerprint density at radius 1 is 1.35 bits per heavy atom. The molecule has 0 N–H and O–H groups in total. The lowest BCUT2D eigenvalue weighted by molar-refractivity contribution is -0.141. The van der Waals surface area contributed by atoms with Crippen LogP contribution in [0.2, 0.25) is 0 Å². The molecular weight excluding hydrogens is 311 g/mol. The topological polar surface area (TPSA) is 47.4 Å². The Morgan fingerprint density at radius 2 is 2.04 bits per heavy atom. The van der Waals surface area contributed by atoms with Crippen LogP contribution in [0, 0.1) is 11.8 Å². The Balaban J connectivity index is 1.56. The maximum absolute atomic E-state index is 12.6. The van der Waals surface area contributed by atoms with E-state index in [-0.39, 0.29) is 30.2 Å². The largest absolute Gasteiger partial charge is 0.478 e. The fraction of sp³-hybridized carbons (Fsp3) is 0.733. The van der Waals surface area contributed by atoms with E-state index in [4.69, 9.17) is 4.74 Å². The van der Waals surface area contributed by atoms with Crippen molar-refractivity contribution in [3.63, 3.8) is 0 Å². The first-order valence-corrected chi connectivity index (χ1v) is 7.89. The first-order chi connectivity index (χ1) is 10.9. The molecule has 0 spiro atoms. The van der Waals surface area contributed by atoms with Crippen LogP contribution in [0.5, 0.6) is 5.88 Å². The first kappa shape index (κ1) is 16.1. The minimum absolute atomic E-state index is 0.0524. The molecule has 0 bridgehead atoms. The number of likely N-dealkylation sites (tertiary alicyclic amines) is 1. The molecule has 0 radical (unpaired) electrons. The SMILES string of the molecule is Cn1nc(C(F)(F)F)cc1OCC1CC[C@@H]1C(=O)N1CCCC1. The minimum Gasteiger partial charge on any atom is -0.478 e. The summed E-state index contributed by atoms with van der Waals surface area (Å²) < 4.78 is 44.4. The van der Waals surface area contributed by atoms with Gasteiger partial charge in [-0.3, -0.25) is 4.79 Å². The molecule has 1 amide bonds. The van der Waals surface area contributed by atoms with Crippen molar-refractivity contribution in [2.45, 2.75) is 31.9 Å². The Hall–Kier alpha value is -1.73. The summed E-state index contributed by atoms with van der Waals surface area (Å²) in [6.07, 6.45) is -0.676. The standard InChI is InChI=1S/C15H20F3N3O2/c1-20-13(8-12(19-20)15(16,17)18)23-9-10-4-5-11(10)14(22)21-6-2-3-7-21/h8,10-11H,2-7,9H2,1H3/t10?,11-/m0/s1. The van der Waals surface area contributed by atoms with Crippen molar-refractivity contribution in [3.05, 3.63) is 11.8 Å². The number of aryl methyl sites for hydroxylation is 1. The molecule has 2 fully saturated rings. The van der Waals surface area contributed by atoms with Crippen LogP contribution in [0.4, 0.5) is 13.2 Å². The van der Waals surface area contributed by atoms with Crippen molar-refractivity contribution in [3.8, 4) is 5.88 Å². The van der Waals surface area contributed by atoms with Crippen LogP contribution in [0.15, 0.2) is 6.07 Å². The second-order valence-electron chi connectivity index (χ2n) is 6.28. The number of halogens is 3. The van der Waals surface area contributed by atoms with Crippen LogP contribution in [0.3, 0.4) is 0 Å². The molecule has 2 atom stereocenters. The van der Waals surface area contributed by atoms with Crippen LogP contribution >= 0.6 is 0 Å². The van der Waals surface area contributed by atoms with E-state index in [2.05, 4.69) is 5.10 Å². The molecule has 5 nitrogen and oxygen atoms in total. The third kappa shape index (κ3) is 3.30. The normalized spacial score (nSPS) is 24.6. The van der Waals surface area contributed by atoms with Crippen molar-refractivity contribution < 1.29 is 22.7 Å². The van der Waals surface area contributed by atoms with Gasteiger partial charge in [0.25, 0.3) is 0 Å². The number of rotatable bonds is 4. The van der Waals surface area contributed by atoms with Crippen LogP contribution in [-0.2, 0) is 18.0 Å². The molecule has 1 aromatic heterocycles. The predicted octanol–water partition coefficient (Wildman–Crippen LogP) is 2.47. The monoisotopic (exact) mass is 331 g/mol. The lowest BCUT2D eigenvalue weighted by atomic mass is 9.73. The lowest BCUT2D eigenvalue weighted by Crippen LogP contribution is -2.44. The molecule has 1 aromatic rings. The molecule has 1 saturated heterocycles. The van der Waals surface area contributed by atoms with Crippen molar-refractivity contribution in [2.75, 3.05) is 19.7 Å². The molecule has 1 aliphatic heterocycles. The molecule has 3 rings (SSSR count). The Bertz CT molecular complexity index is 579. The Morgan fingerprint density at radius 3 is 2.57 bits per heavy atom. The first-order valence-electron chi connectivity index (χ1n) is 7.89. The van der Waals surface area contributed by atoms with Gasteiger partial charge in [-0.05, 0) is 25.7 Å². The van der Waals surface area contributed by atoms with Gasteiger partial charge in [-0.1, -0.05) is 0 Å². The maximum Gasteiger partial charge on any atom is 0.435 e. The zero-order valence-corrected chi connectivity index (χ0v) is 13.0. The molecule has 1 unspecified atom stereocenters. The van der Waals surface area contributed by atoms with Gasteiger partial charge in [0.2, 0.25) is 11.8 Å². The number of hydrogen-bond donors (Lipinski definition) is 0. The van der Waals surface area contributed by atoms with E-state index in [1.54, 1.807) is 0 Å². The summed E-state index contributed by atoms with van der Waals surface area (Å²) >= 11 is 0. The predicted molar refractivity (Wildman–Crippen MR) is 75.7 cm³/mol. The Kier molecular flexibility index (Phi) is 4.25. The quantitative estimate of drug-likeness (QED) is 0.851. The molecule has 23 heavy (non-hydrogen) atoms. The number of aromatic nitrogens is 2. The van der Waals surface area contributed by atoms with E-state index in [0.29, 0.717) is 0 Å². The van der Waals surface area contributed by atoms with Gasteiger partial charge in [-0.2, -0.15) is 18.3 Å². The van der Waals surface area contributed by atoms with E-state index in [1.165, 1.54) is 7.05 Å². The maximum atomic E-state index is 12.6. The number of amides is 1. The van der Waals surface area contributed by atoms with Crippen LogP contribution in [0.25, 0.3) is 0 Å². The average molecular weight is 331 g/mol. The van der Waals surface area contributed by atoms with E-state index >= 15 is 0 Å². The smallest absolute Gasteiger partial charge is 0.435 e. The molecular formula is C15H20F3N3O2. The Labute approximate surface area is 132 Å². The highest BCUT2D eigenvalue weighted by Gasteiger charge is 2.40. The molecule has 1 saturated carbocycles. The fourth-order valence-electron chi connectivity index (χ4n) is 3.18. The number of ether oxygens (including phenoxy) is 1. The van der Waals surface area contributed by atoms with Gasteiger partial charge in [0.1, 0.15) is 0 Å². The lowest BCUT2D eigenvalue weighted by Gasteiger charge is -2.37. The second-order valence-corrected chi connectivity index (χ2v) is 6.28. The van der Waals surface area contributed by atoms with Gasteiger partial charge in [0.15, 0.2) is 5.69 Å². The highest BCUT2D eigenvalue weighted by molar-refractivity contribution is 5.80. The van der Waals surface area contributed by atoms with Crippen LogP contribution < -0.4 is 4.74 Å². The molecule has 0 aromatic carbocycles. The van der Waals surface area contributed by atoms with Gasteiger partial charge in [0, 0.05) is 38.0 Å². The number of carbonyl (C=O) groups is 1. The third-order valence-electron chi connectivity index (χ3n) is 4.73. The average Bonchev–Trinajstić information content (AvgIpc) is 3.07. The summed E-state index contributed by atoms with van der Waals surface area (Å²) in [6.45, 7) is 1.89. The molecule has 2 heterocycles. The summed E-state index contributed by atoms with van der Waals surface area (Å²) in [4.78, 5) is 14.2. The number of carbonyl (C=O) groups excluding carboxylic acids is 1. The molecule has 2 aliphatic rings. The number of nitrogens with zero attached hydrogens (tertiary/aromatic N) is 3. The van der Waals surface area contributed by atoms with Gasteiger partial charge < -0.3 is 9.64 Å². The summed E-state index contributed by atoms with van der Waals surface area (Å²) in [5, 5.41) is 3.41. The van der Waals surface area contributed by atoms with E-state index < -0.39 is 11.9 Å². The van der Waals surface area contributed by atoms with Crippen LogP contribution in [0.1, 0.15) is 31.4 Å². The van der Waals surface area contributed by atoms with E-state index in [9.17, 15) is 18.0 Å². The third-order valence-corrected chi connectivity index (χ3v) is 4.73. The van der Waals surface area contributed by atoms with Crippen molar-refractivity contribution in [1.29, 1.82) is 0 Å². The summed E-state index contributed by atoms with van der Waals surface area (Å²) in [7, 11) is 1.41.